The lowest BCUT2D eigenvalue weighted by molar-refractivity contribution is 1.13. The fourth-order valence-corrected chi connectivity index (χ4v) is 3.94. The van der Waals surface area contributed by atoms with Crippen LogP contribution >= 0.6 is 11.3 Å². The summed E-state index contributed by atoms with van der Waals surface area (Å²) in [6.07, 6.45) is 0.899. The first-order chi connectivity index (χ1) is 12.9. The molecule has 0 fully saturated rings. The second-order valence-corrected chi connectivity index (χ2v) is 7.24. The van der Waals surface area contributed by atoms with Crippen molar-refractivity contribution in [2.24, 2.45) is 0 Å². The van der Waals surface area contributed by atoms with E-state index in [1.54, 1.807) is 11.3 Å². The standard InChI is InChI=1S/C23H20N2S/c1-4-10-18(11-5-1)16-21-22(20-14-8-3-9-15-20)25-23(26-21)24-17-19-12-6-2-7-13-19/h1-15H,16-17H2,(H,24,25). The highest BCUT2D eigenvalue weighted by Gasteiger charge is 2.13. The van der Waals surface area contributed by atoms with Gasteiger partial charge in [-0.3, -0.25) is 0 Å². The van der Waals surface area contributed by atoms with Gasteiger partial charge in [0.15, 0.2) is 5.13 Å². The highest BCUT2D eigenvalue weighted by Crippen LogP contribution is 2.33. The first-order valence-electron chi connectivity index (χ1n) is 8.75. The number of rotatable bonds is 6. The van der Waals surface area contributed by atoms with Crippen molar-refractivity contribution in [3.8, 4) is 11.3 Å². The SMILES string of the molecule is c1ccc(CNc2nc(-c3ccccc3)c(Cc3ccccc3)s2)cc1. The summed E-state index contributed by atoms with van der Waals surface area (Å²) in [5.74, 6) is 0. The van der Waals surface area contributed by atoms with Crippen LogP contribution in [0.2, 0.25) is 0 Å². The summed E-state index contributed by atoms with van der Waals surface area (Å²) in [5.41, 5.74) is 4.81. The topological polar surface area (TPSA) is 24.9 Å². The van der Waals surface area contributed by atoms with Gasteiger partial charge in [-0.25, -0.2) is 4.98 Å². The van der Waals surface area contributed by atoms with Crippen LogP contribution in [-0.2, 0) is 13.0 Å². The Labute approximate surface area is 158 Å². The zero-order valence-corrected chi connectivity index (χ0v) is 15.2. The van der Waals surface area contributed by atoms with Gasteiger partial charge in [0.05, 0.1) is 5.69 Å². The second kappa shape index (κ2) is 7.98. The molecule has 4 aromatic rings. The molecule has 128 valence electrons. The van der Waals surface area contributed by atoms with Gasteiger partial charge in [0.2, 0.25) is 0 Å². The highest BCUT2D eigenvalue weighted by molar-refractivity contribution is 7.16. The van der Waals surface area contributed by atoms with Gasteiger partial charge >= 0.3 is 0 Å². The molecule has 26 heavy (non-hydrogen) atoms. The van der Waals surface area contributed by atoms with Gasteiger partial charge in [0.1, 0.15) is 0 Å². The van der Waals surface area contributed by atoms with Crippen molar-refractivity contribution in [1.29, 1.82) is 0 Å². The predicted octanol–water partition coefficient (Wildman–Crippen LogP) is 6.01. The number of nitrogens with one attached hydrogen (secondary N) is 1. The van der Waals surface area contributed by atoms with Gasteiger partial charge in [-0.15, -0.1) is 11.3 Å². The maximum absolute atomic E-state index is 4.90. The predicted molar refractivity (Wildman–Crippen MR) is 111 cm³/mol. The minimum atomic E-state index is 0.785. The van der Waals surface area contributed by atoms with Crippen molar-refractivity contribution in [3.05, 3.63) is 107 Å². The van der Waals surface area contributed by atoms with Gasteiger partial charge < -0.3 is 5.32 Å². The molecule has 0 aliphatic rings. The van der Waals surface area contributed by atoms with Crippen LogP contribution in [0.25, 0.3) is 11.3 Å². The van der Waals surface area contributed by atoms with Crippen LogP contribution in [0.1, 0.15) is 16.0 Å². The summed E-state index contributed by atoms with van der Waals surface area (Å²) in [7, 11) is 0. The molecule has 0 atom stereocenters. The smallest absolute Gasteiger partial charge is 0.183 e. The van der Waals surface area contributed by atoms with Gasteiger partial charge in [0.25, 0.3) is 0 Å². The largest absolute Gasteiger partial charge is 0.357 e. The minimum absolute atomic E-state index is 0.785. The molecule has 3 aromatic carbocycles. The fourth-order valence-electron chi connectivity index (χ4n) is 2.92. The lowest BCUT2D eigenvalue weighted by Crippen LogP contribution is -1.98. The lowest BCUT2D eigenvalue weighted by atomic mass is 10.1. The minimum Gasteiger partial charge on any atom is -0.357 e. The van der Waals surface area contributed by atoms with Crippen LogP contribution in [-0.4, -0.2) is 4.98 Å². The first-order valence-corrected chi connectivity index (χ1v) is 9.57. The Morgan fingerprint density at radius 2 is 1.27 bits per heavy atom. The summed E-state index contributed by atoms with van der Waals surface area (Å²) in [6, 6.07) is 31.4. The van der Waals surface area contributed by atoms with Crippen LogP contribution in [0.3, 0.4) is 0 Å². The Hall–Kier alpha value is -2.91. The molecule has 0 aliphatic heterocycles. The van der Waals surface area contributed by atoms with Gasteiger partial charge in [-0.05, 0) is 11.1 Å². The van der Waals surface area contributed by atoms with E-state index in [-0.39, 0.29) is 0 Å². The molecule has 0 aliphatic carbocycles. The summed E-state index contributed by atoms with van der Waals surface area (Å²) in [4.78, 5) is 6.19. The van der Waals surface area contributed by atoms with Crippen molar-refractivity contribution in [3.63, 3.8) is 0 Å². The number of thiazole rings is 1. The van der Waals surface area contributed by atoms with E-state index in [1.807, 2.05) is 12.1 Å². The Bertz CT molecular complexity index is 947. The molecular formula is C23H20N2S. The van der Waals surface area contributed by atoms with Crippen molar-refractivity contribution < 1.29 is 0 Å². The maximum atomic E-state index is 4.90. The molecule has 0 bridgehead atoms. The van der Waals surface area contributed by atoms with Crippen molar-refractivity contribution in [1.82, 2.24) is 4.98 Å². The number of hydrogen-bond donors (Lipinski definition) is 1. The maximum Gasteiger partial charge on any atom is 0.183 e. The van der Waals surface area contributed by atoms with Crippen LogP contribution in [0.5, 0.6) is 0 Å². The lowest BCUT2D eigenvalue weighted by Gasteiger charge is -2.02. The van der Waals surface area contributed by atoms with Crippen LogP contribution in [0.15, 0.2) is 91.0 Å². The molecule has 3 heteroatoms. The number of anilines is 1. The number of hydrogen-bond acceptors (Lipinski definition) is 3. The molecule has 0 radical (unpaired) electrons. The van der Waals surface area contributed by atoms with E-state index in [4.69, 9.17) is 4.98 Å². The molecule has 0 spiro atoms. The summed E-state index contributed by atoms with van der Waals surface area (Å²) < 4.78 is 0. The fraction of sp³-hybridized carbons (Fsp3) is 0.0870. The van der Waals surface area contributed by atoms with E-state index in [0.29, 0.717) is 0 Å². The molecule has 2 nitrogen and oxygen atoms in total. The number of aromatic nitrogens is 1. The second-order valence-electron chi connectivity index (χ2n) is 6.16. The van der Waals surface area contributed by atoms with E-state index in [1.165, 1.54) is 21.6 Å². The molecule has 0 saturated carbocycles. The molecule has 1 heterocycles. The van der Waals surface area contributed by atoms with Gasteiger partial charge in [0, 0.05) is 23.4 Å². The third-order valence-corrected chi connectivity index (χ3v) is 5.25. The average molecular weight is 356 g/mol. The summed E-state index contributed by atoms with van der Waals surface area (Å²) in [5, 5.41) is 4.46. The normalized spacial score (nSPS) is 10.6. The van der Waals surface area contributed by atoms with Crippen LogP contribution < -0.4 is 5.32 Å². The van der Waals surface area contributed by atoms with Crippen molar-refractivity contribution in [2.45, 2.75) is 13.0 Å². The zero-order valence-electron chi connectivity index (χ0n) is 14.4. The quantitative estimate of drug-likeness (QED) is 0.457. The Morgan fingerprint density at radius 3 is 1.92 bits per heavy atom. The molecule has 1 aromatic heterocycles. The van der Waals surface area contributed by atoms with E-state index < -0.39 is 0 Å². The monoisotopic (exact) mass is 356 g/mol. The molecule has 1 N–H and O–H groups in total. The molecule has 0 amide bonds. The summed E-state index contributed by atoms with van der Waals surface area (Å²) >= 11 is 1.75. The van der Waals surface area contributed by atoms with Gasteiger partial charge in [-0.1, -0.05) is 91.0 Å². The van der Waals surface area contributed by atoms with E-state index in [9.17, 15) is 0 Å². The highest BCUT2D eigenvalue weighted by atomic mass is 32.1. The van der Waals surface area contributed by atoms with Crippen molar-refractivity contribution in [2.75, 3.05) is 5.32 Å². The molecule has 0 saturated heterocycles. The van der Waals surface area contributed by atoms with Gasteiger partial charge in [-0.2, -0.15) is 0 Å². The van der Waals surface area contributed by atoms with E-state index in [2.05, 4.69) is 84.2 Å². The van der Waals surface area contributed by atoms with E-state index >= 15 is 0 Å². The molecule has 0 unspecified atom stereocenters. The Morgan fingerprint density at radius 1 is 0.692 bits per heavy atom. The number of nitrogens with zero attached hydrogens (tertiary/aromatic N) is 1. The molecular weight excluding hydrogens is 336 g/mol. The van der Waals surface area contributed by atoms with Crippen LogP contribution in [0, 0.1) is 0 Å². The number of benzene rings is 3. The van der Waals surface area contributed by atoms with Crippen molar-refractivity contribution >= 4 is 16.5 Å². The molecule has 4 rings (SSSR count). The first kappa shape index (κ1) is 16.6. The third kappa shape index (κ3) is 4.01. The average Bonchev–Trinajstić information content (AvgIpc) is 3.11. The Balaban J connectivity index is 1.61. The third-order valence-electron chi connectivity index (χ3n) is 4.24. The zero-order chi connectivity index (χ0) is 17.6. The van der Waals surface area contributed by atoms with Crippen LogP contribution in [0.4, 0.5) is 5.13 Å². The van der Waals surface area contributed by atoms with E-state index in [0.717, 1.165) is 23.8 Å². The summed E-state index contributed by atoms with van der Waals surface area (Å²) in [6.45, 7) is 0.785. The Kier molecular flexibility index (Phi) is 5.08.